The Hall–Kier alpha value is -2.62. The number of thioether (sulfide) groups is 1. The summed E-state index contributed by atoms with van der Waals surface area (Å²) in [5, 5.41) is 28.0. The van der Waals surface area contributed by atoms with Crippen LogP contribution in [-0.4, -0.2) is 36.5 Å². The van der Waals surface area contributed by atoms with Gasteiger partial charge in [-0.3, -0.25) is 14.9 Å². The Bertz CT molecular complexity index is 762. The normalized spacial score (nSPS) is 10.6. The van der Waals surface area contributed by atoms with Gasteiger partial charge in [0.25, 0.3) is 5.69 Å². The molecular formula is C14H16N4O5S. The number of carboxylic acid groups (broad SMARTS) is 1. The number of aromatic nitrogens is 3. The van der Waals surface area contributed by atoms with Gasteiger partial charge in [-0.15, -0.1) is 10.2 Å². The molecule has 1 aromatic heterocycles. The van der Waals surface area contributed by atoms with Crippen molar-refractivity contribution in [3.05, 3.63) is 39.7 Å². The maximum Gasteiger partial charge on any atom is 0.313 e. The SMILES string of the molecule is CCn1c(COc2ccc([N+](=O)[O-])cc2C)nnc1SCC(=O)O. The Morgan fingerprint density at radius 1 is 1.46 bits per heavy atom. The van der Waals surface area contributed by atoms with E-state index in [1.165, 1.54) is 12.1 Å². The first-order chi connectivity index (χ1) is 11.4. The summed E-state index contributed by atoms with van der Waals surface area (Å²) in [7, 11) is 0. The van der Waals surface area contributed by atoms with Crippen LogP contribution < -0.4 is 4.74 Å². The summed E-state index contributed by atoms with van der Waals surface area (Å²) in [6.07, 6.45) is 0. The molecular weight excluding hydrogens is 336 g/mol. The minimum absolute atomic E-state index is 0.00364. The molecule has 0 unspecified atom stereocenters. The van der Waals surface area contributed by atoms with E-state index in [4.69, 9.17) is 9.84 Å². The molecule has 2 aromatic rings. The summed E-state index contributed by atoms with van der Waals surface area (Å²) in [6, 6.07) is 4.36. The highest BCUT2D eigenvalue weighted by Crippen LogP contribution is 2.24. The smallest absolute Gasteiger partial charge is 0.313 e. The lowest BCUT2D eigenvalue weighted by Crippen LogP contribution is -2.08. The van der Waals surface area contributed by atoms with E-state index in [0.29, 0.717) is 28.8 Å². The third-order valence-electron chi connectivity index (χ3n) is 3.16. The van der Waals surface area contributed by atoms with E-state index in [2.05, 4.69) is 10.2 Å². The minimum Gasteiger partial charge on any atom is -0.485 e. The molecule has 24 heavy (non-hydrogen) atoms. The summed E-state index contributed by atoms with van der Waals surface area (Å²) in [5.74, 6) is 0.0552. The van der Waals surface area contributed by atoms with Gasteiger partial charge in [0, 0.05) is 18.7 Å². The van der Waals surface area contributed by atoms with Crippen LogP contribution in [0.1, 0.15) is 18.3 Å². The standard InChI is InChI=1S/C14H16N4O5S/c1-3-17-12(15-16-14(17)24-8-13(19)20)7-23-11-5-4-10(18(21)22)6-9(11)2/h4-6H,3,7-8H2,1-2H3,(H,19,20). The molecule has 0 atom stereocenters. The van der Waals surface area contributed by atoms with Crippen molar-refractivity contribution in [2.24, 2.45) is 0 Å². The maximum atomic E-state index is 10.7. The van der Waals surface area contributed by atoms with Crippen LogP contribution in [0.2, 0.25) is 0 Å². The summed E-state index contributed by atoms with van der Waals surface area (Å²) in [5.41, 5.74) is 0.649. The Balaban J connectivity index is 2.09. The number of nitro groups is 1. The van der Waals surface area contributed by atoms with E-state index in [1.807, 2.05) is 6.92 Å². The predicted molar refractivity (Wildman–Crippen MR) is 86.2 cm³/mol. The number of aryl methyl sites for hydroxylation is 1. The van der Waals surface area contributed by atoms with Crippen molar-refractivity contribution in [2.75, 3.05) is 5.75 Å². The fourth-order valence-electron chi connectivity index (χ4n) is 2.03. The summed E-state index contributed by atoms with van der Waals surface area (Å²) in [6.45, 7) is 4.33. The second-order valence-corrected chi connectivity index (χ2v) is 5.76. The molecule has 128 valence electrons. The van der Waals surface area contributed by atoms with Gasteiger partial charge in [-0.25, -0.2) is 0 Å². The first-order valence-corrected chi connectivity index (χ1v) is 8.05. The molecule has 1 N–H and O–H groups in total. The zero-order chi connectivity index (χ0) is 17.7. The van der Waals surface area contributed by atoms with E-state index in [0.717, 1.165) is 11.8 Å². The molecule has 1 heterocycles. The predicted octanol–water partition coefficient (Wildman–Crippen LogP) is 2.27. The lowest BCUT2D eigenvalue weighted by Gasteiger charge is -2.10. The van der Waals surface area contributed by atoms with Crippen molar-refractivity contribution in [2.45, 2.75) is 32.2 Å². The maximum absolute atomic E-state index is 10.7. The first-order valence-electron chi connectivity index (χ1n) is 7.06. The van der Waals surface area contributed by atoms with Crippen molar-refractivity contribution in [3.63, 3.8) is 0 Å². The third-order valence-corrected chi connectivity index (χ3v) is 4.11. The van der Waals surface area contributed by atoms with Gasteiger partial charge < -0.3 is 14.4 Å². The number of carboxylic acids is 1. The number of aliphatic carboxylic acids is 1. The first kappa shape index (κ1) is 17.7. The fourth-order valence-corrected chi connectivity index (χ4v) is 2.77. The summed E-state index contributed by atoms with van der Waals surface area (Å²) in [4.78, 5) is 20.9. The van der Waals surface area contributed by atoms with Crippen LogP contribution >= 0.6 is 11.8 Å². The third kappa shape index (κ3) is 4.22. The van der Waals surface area contributed by atoms with E-state index in [-0.39, 0.29) is 18.0 Å². The van der Waals surface area contributed by atoms with Gasteiger partial charge in [0.15, 0.2) is 11.0 Å². The van der Waals surface area contributed by atoms with Gasteiger partial charge in [-0.2, -0.15) is 0 Å². The average molecular weight is 352 g/mol. The highest BCUT2D eigenvalue weighted by molar-refractivity contribution is 7.99. The number of hydrogen-bond donors (Lipinski definition) is 1. The minimum atomic E-state index is -0.926. The number of hydrogen-bond acceptors (Lipinski definition) is 7. The molecule has 0 amide bonds. The molecule has 1 aromatic carbocycles. The molecule has 2 rings (SSSR count). The van der Waals surface area contributed by atoms with Crippen LogP contribution in [-0.2, 0) is 17.9 Å². The van der Waals surface area contributed by atoms with Crippen LogP contribution in [0.5, 0.6) is 5.75 Å². The van der Waals surface area contributed by atoms with Crippen LogP contribution in [0.3, 0.4) is 0 Å². The lowest BCUT2D eigenvalue weighted by molar-refractivity contribution is -0.384. The number of non-ortho nitro benzene ring substituents is 1. The molecule has 0 aliphatic carbocycles. The highest BCUT2D eigenvalue weighted by atomic mass is 32.2. The van der Waals surface area contributed by atoms with E-state index in [1.54, 1.807) is 17.6 Å². The molecule has 0 aliphatic rings. The van der Waals surface area contributed by atoms with Crippen LogP contribution in [0.25, 0.3) is 0 Å². The molecule has 0 bridgehead atoms. The zero-order valence-electron chi connectivity index (χ0n) is 13.1. The second-order valence-electron chi connectivity index (χ2n) is 4.82. The monoisotopic (exact) mass is 352 g/mol. The van der Waals surface area contributed by atoms with Crippen LogP contribution in [0, 0.1) is 17.0 Å². The van der Waals surface area contributed by atoms with Gasteiger partial charge in [0.2, 0.25) is 0 Å². The number of nitrogens with zero attached hydrogens (tertiary/aromatic N) is 4. The topological polar surface area (TPSA) is 120 Å². The fraction of sp³-hybridized carbons (Fsp3) is 0.357. The summed E-state index contributed by atoms with van der Waals surface area (Å²) >= 11 is 1.09. The van der Waals surface area contributed by atoms with Crippen molar-refractivity contribution < 1.29 is 19.6 Å². The quantitative estimate of drug-likeness (QED) is 0.436. The Kier molecular flexibility index (Phi) is 5.74. The Labute approximate surface area is 141 Å². The van der Waals surface area contributed by atoms with Gasteiger partial charge >= 0.3 is 5.97 Å². The van der Waals surface area contributed by atoms with Crippen molar-refractivity contribution >= 4 is 23.4 Å². The van der Waals surface area contributed by atoms with Gasteiger partial charge in [0.1, 0.15) is 12.4 Å². The van der Waals surface area contributed by atoms with Gasteiger partial charge in [-0.1, -0.05) is 11.8 Å². The molecule has 0 fully saturated rings. The number of nitro benzene ring substituents is 1. The van der Waals surface area contributed by atoms with Crippen molar-refractivity contribution in [1.82, 2.24) is 14.8 Å². The average Bonchev–Trinajstić information content (AvgIpc) is 2.93. The van der Waals surface area contributed by atoms with Crippen LogP contribution in [0.15, 0.2) is 23.4 Å². The van der Waals surface area contributed by atoms with E-state index < -0.39 is 10.9 Å². The van der Waals surface area contributed by atoms with Crippen molar-refractivity contribution in [3.8, 4) is 5.75 Å². The number of carbonyl (C=O) groups is 1. The van der Waals surface area contributed by atoms with Crippen LogP contribution in [0.4, 0.5) is 5.69 Å². The summed E-state index contributed by atoms with van der Waals surface area (Å²) < 4.78 is 7.44. The largest absolute Gasteiger partial charge is 0.485 e. The zero-order valence-corrected chi connectivity index (χ0v) is 13.9. The van der Waals surface area contributed by atoms with Gasteiger partial charge in [-0.05, 0) is 25.5 Å². The highest BCUT2D eigenvalue weighted by Gasteiger charge is 2.14. The number of ether oxygens (including phenoxy) is 1. The molecule has 0 radical (unpaired) electrons. The van der Waals surface area contributed by atoms with Gasteiger partial charge in [0.05, 0.1) is 10.7 Å². The number of rotatable bonds is 8. The molecule has 9 nitrogen and oxygen atoms in total. The molecule has 0 saturated carbocycles. The molecule has 0 saturated heterocycles. The van der Waals surface area contributed by atoms with E-state index >= 15 is 0 Å². The Morgan fingerprint density at radius 3 is 2.79 bits per heavy atom. The van der Waals surface area contributed by atoms with E-state index in [9.17, 15) is 14.9 Å². The number of benzene rings is 1. The Morgan fingerprint density at radius 2 is 2.21 bits per heavy atom. The second kappa shape index (κ2) is 7.77. The lowest BCUT2D eigenvalue weighted by atomic mass is 10.2. The molecule has 0 spiro atoms. The molecule has 10 heteroatoms. The molecule has 0 aliphatic heterocycles. The van der Waals surface area contributed by atoms with Crippen molar-refractivity contribution in [1.29, 1.82) is 0 Å².